The van der Waals surface area contributed by atoms with Crippen molar-refractivity contribution in [3.05, 3.63) is 30.1 Å². The van der Waals surface area contributed by atoms with E-state index >= 15 is 0 Å². The number of rotatable bonds is 6. The lowest BCUT2D eigenvalue weighted by Gasteiger charge is -2.26. The zero-order chi connectivity index (χ0) is 13.6. The molecule has 9 heteroatoms. The van der Waals surface area contributed by atoms with Gasteiger partial charge in [-0.2, -0.15) is 4.31 Å². The van der Waals surface area contributed by atoms with Crippen LogP contribution in [0.25, 0.3) is 0 Å². The van der Waals surface area contributed by atoms with Gasteiger partial charge in [-0.1, -0.05) is 6.07 Å². The lowest BCUT2D eigenvalue weighted by atomic mass is 10.3. The first-order valence-corrected chi connectivity index (χ1v) is 7.94. The number of halogens is 2. The van der Waals surface area contributed by atoms with Crippen molar-refractivity contribution in [2.24, 2.45) is 0 Å². The lowest BCUT2D eigenvalue weighted by molar-refractivity contribution is 0.0730. The van der Waals surface area contributed by atoms with E-state index in [1.165, 1.54) is 4.31 Å². The molecule has 1 aromatic heterocycles. The van der Waals surface area contributed by atoms with Gasteiger partial charge in [0.2, 0.25) is 10.0 Å². The number of nitrogens with one attached hydrogen (secondary N) is 1. The normalized spacial score (nSPS) is 15.8. The van der Waals surface area contributed by atoms with Crippen LogP contribution in [-0.2, 0) is 21.3 Å². The number of ether oxygens (including phenoxy) is 1. The molecule has 1 saturated heterocycles. The smallest absolute Gasteiger partial charge is 0.215 e. The van der Waals surface area contributed by atoms with Gasteiger partial charge < -0.3 is 10.1 Å². The van der Waals surface area contributed by atoms with Crippen LogP contribution in [0, 0.1) is 0 Å². The van der Waals surface area contributed by atoms with Gasteiger partial charge in [-0.3, -0.25) is 4.98 Å². The zero-order valence-corrected chi connectivity index (χ0v) is 14.1. The molecule has 1 N–H and O–H groups in total. The predicted octanol–water partition coefficient (Wildman–Crippen LogP) is 0.677. The third-order valence-corrected chi connectivity index (χ3v) is 4.82. The summed E-state index contributed by atoms with van der Waals surface area (Å²) in [6.45, 7) is 2.97. The molecular weight excluding hydrogens is 337 g/mol. The second kappa shape index (κ2) is 10.3. The van der Waals surface area contributed by atoms with Crippen molar-refractivity contribution in [1.82, 2.24) is 14.6 Å². The molecule has 2 heterocycles. The highest BCUT2D eigenvalue weighted by Gasteiger charge is 2.23. The van der Waals surface area contributed by atoms with Gasteiger partial charge in [0.05, 0.1) is 19.0 Å². The molecule has 0 radical (unpaired) electrons. The van der Waals surface area contributed by atoms with Crippen LogP contribution in [0.2, 0.25) is 0 Å². The molecule has 0 amide bonds. The van der Waals surface area contributed by atoms with Gasteiger partial charge in [0.25, 0.3) is 0 Å². The Balaban J connectivity index is 0.00000200. The average molecular weight is 358 g/mol. The Hall–Kier alpha value is -0.440. The van der Waals surface area contributed by atoms with E-state index in [1.807, 2.05) is 12.1 Å². The second-order valence-electron chi connectivity index (χ2n) is 4.37. The summed E-state index contributed by atoms with van der Waals surface area (Å²) in [7, 11) is -3.16. The molecule has 2 rings (SSSR count). The molecule has 0 aliphatic carbocycles. The highest BCUT2D eigenvalue weighted by Crippen LogP contribution is 2.05. The summed E-state index contributed by atoms with van der Waals surface area (Å²) in [6, 6.07) is 3.82. The third kappa shape index (κ3) is 6.90. The molecule has 1 fully saturated rings. The number of hydrogen-bond donors (Lipinski definition) is 1. The SMILES string of the molecule is Cl.Cl.O=S(=O)(CCNCc1cccnc1)N1CCOCC1. The number of aromatic nitrogens is 1. The van der Waals surface area contributed by atoms with Crippen molar-refractivity contribution in [3.63, 3.8) is 0 Å². The summed E-state index contributed by atoms with van der Waals surface area (Å²) in [5.41, 5.74) is 1.05. The average Bonchev–Trinajstić information content (AvgIpc) is 2.46. The molecule has 1 aromatic rings. The van der Waals surface area contributed by atoms with Crippen LogP contribution in [0.1, 0.15) is 5.56 Å². The van der Waals surface area contributed by atoms with E-state index in [4.69, 9.17) is 4.74 Å². The zero-order valence-electron chi connectivity index (χ0n) is 11.6. The van der Waals surface area contributed by atoms with Crippen molar-refractivity contribution >= 4 is 34.8 Å². The molecule has 0 bridgehead atoms. The Kier molecular flexibility index (Phi) is 10.1. The van der Waals surface area contributed by atoms with Crippen LogP contribution in [0.3, 0.4) is 0 Å². The molecule has 0 atom stereocenters. The Morgan fingerprint density at radius 1 is 1.29 bits per heavy atom. The number of hydrogen-bond acceptors (Lipinski definition) is 5. The van der Waals surface area contributed by atoms with Crippen LogP contribution in [0.4, 0.5) is 0 Å². The van der Waals surface area contributed by atoms with Gasteiger partial charge >= 0.3 is 0 Å². The number of sulfonamides is 1. The molecule has 0 saturated carbocycles. The first-order valence-electron chi connectivity index (χ1n) is 6.34. The molecule has 122 valence electrons. The predicted molar refractivity (Wildman–Crippen MR) is 86.6 cm³/mol. The van der Waals surface area contributed by atoms with Crippen molar-refractivity contribution < 1.29 is 13.2 Å². The number of morpholine rings is 1. The van der Waals surface area contributed by atoms with E-state index in [0.717, 1.165) is 5.56 Å². The Labute approximate surface area is 138 Å². The van der Waals surface area contributed by atoms with Crippen molar-refractivity contribution in [2.75, 3.05) is 38.6 Å². The minimum Gasteiger partial charge on any atom is -0.379 e. The highest BCUT2D eigenvalue weighted by molar-refractivity contribution is 7.89. The Morgan fingerprint density at radius 2 is 2.00 bits per heavy atom. The van der Waals surface area contributed by atoms with E-state index in [1.54, 1.807) is 12.4 Å². The van der Waals surface area contributed by atoms with Crippen LogP contribution in [0.5, 0.6) is 0 Å². The number of nitrogens with zero attached hydrogens (tertiary/aromatic N) is 2. The fraction of sp³-hybridized carbons (Fsp3) is 0.583. The quantitative estimate of drug-likeness (QED) is 0.757. The minimum atomic E-state index is -3.16. The summed E-state index contributed by atoms with van der Waals surface area (Å²) in [5.74, 6) is 0.118. The maximum Gasteiger partial charge on any atom is 0.215 e. The first-order chi connectivity index (χ1) is 9.18. The summed E-state index contributed by atoms with van der Waals surface area (Å²) < 4.78 is 30.7. The van der Waals surface area contributed by atoms with Crippen LogP contribution in [-0.4, -0.2) is 56.3 Å². The summed E-state index contributed by atoms with van der Waals surface area (Å²) in [5, 5.41) is 3.12. The molecule has 0 spiro atoms. The molecule has 0 aromatic carbocycles. The van der Waals surface area contributed by atoms with Gasteiger partial charge in [-0.25, -0.2) is 8.42 Å². The summed E-state index contributed by atoms with van der Waals surface area (Å²) >= 11 is 0. The van der Waals surface area contributed by atoms with E-state index in [2.05, 4.69) is 10.3 Å². The van der Waals surface area contributed by atoms with E-state index in [9.17, 15) is 8.42 Å². The standard InChI is InChI=1S/C12H19N3O3S.2ClH/c16-19(17,15-5-7-18-8-6-15)9-4-14-11-12-2-1-3-13-10-12;;/h1-3,10,14H,4-9,11H2;2*1H. The number of pyridine rings is 1. The van der Waals surface area contributed by atoms with Gasteiger partial charge in [0.1, 0.15) is 0 Å². The molecule has 1 aliphatic heterocycles. The second-order valence-corrected chi connectivity index (χ2v) is 6.45. The van der Waals surface area contributed by atoms with Crippen LogP contribution >= 0.6 is 24.8 Å². The summed E-state index contributed by atoms with van der Waals surface area (Å²) in [6.07, 6.45) is 3.48. The van der Waals surface area contributed by atoms with Gasteiger partial charge in [-0.15, -0.1) is 24.8 Å². The first kappa shape index (κ1) is 20.6. The Bertz CT molecular complexity index is 482. The molecule has 1 aliphatic rings. The third-order valence-electron chi connectivity index (χ3n) is 2.95. The molecular formula is C12H21Cl2N3O3S. The monoisotopic (exact) mass is 357 g/mol. The van der Waals surface area contributed by atoms with E-state index in [0.29, 0.717) is 39.4 Å². The van der Waals surface area contributed by atoms with Crippen molar-refractivity contribution in [2.45, 2.75) is 6.54 Å². The van der Waals surface area contributed by atoms with Gasteiger partial charge in [0.15, 0.2) is 0 Å². The van der Waals surface area contributed by atoms with Crippen LogP contribution < -0.4 is 5.32 Å². The maximum atomic E-state index is 12.0. The Morgan fingerprint density at radius 3 is 2.62 bits per heavy atom. The highest BCUT2D eigenvalue weighted by atomic mass is 35.5. The molecule has 21 heavy (non-hydrogen) atoms. The van der Waals surface area contributed by atoms with Crippen LogP contribution in [0.15, 0.2) is 24.5 Å². The minimum absolute atomic E-state index is 0. The fourth-order valence-corrected chi connectivity index (χ4v) is 3.26. The van der Waals surface area contributed by atoms with Gasteiger partial charge in [0, 0.05) is 38.6 Å². The lowest BCUT2D eigenvalue weighted by Crippen LogP contribution is -2.43. The van der Waals surface area contributed by atoms with E-state index < -0.39 is 10.0 Å². The molecule has 6 nitrogen and oxygen atoms in total. The van der Waals surface area contributed by atoms with Crippen molar-refractivity contribution in [3.8, 4) is 0 Å². The molecule has 0 unspecified atom stereocenters. The largest absolute Gasteiger partial charge is 0.379 e. The fourth-order valence-electron chi connectivity index (χ4n) is 1.89. The maximum absolute atomic E-state index is 12.0. The van der Waals surface area contributed by atoms with Crippen molar-refractivity contribution in [1.29, 1.82) is 0 Å². The van der Waals surface area contributed by atoms with Gasteiger partial charge in [-0.05, 0) is 11.6 Å². The topological polar surface area (TPSA) is 71.5 Å². The van der Waals surface area contributed by atoms with E-state index in [-0.39, 0.29) is 30.6 Å². The summed E-state index contributed by atoms with van der Waals surface area (Å²) in [4.78, 5) is 4.01.